The monoisotopic (exact) mass is 247 g/mol. The molecule has 0 aliphatic carbocycles. The maximum atomic E-state index is 5.65. The van der Waals surface area contributed by atoms with Crippen LogP contribution in [-0.4, -0.2) is 23.0 Å². The third-order valence-corrected chi connectivity index (χ3v) is 2.61. The Balaban J connectivity index is 1.73. The van der Waals surface area contributed by atoms with E-state index in [4.69, 9.17) is 4.74 Å². The number of aryl methyl sites for hydroxylation is 1. The van der Waals surface area contributed by atoms with Crippen molar-refractivity contribution in [2.45, 2.75) is 26.4 Å². The minimum absolute atomic E-state index is 0.223. The molecule has 2 aromatic rings. The van der Waals surface area contributed by atoms with Crippen molar-refractivity contribution < 1.29 is 9.37 Å². The molecule has 0 aliphatic rings. The van der Waals surface area contributed by atoms with Gasteiger partial charge in [0.05, 0.1) is 0 Å². The smallest absolute Gasteiger partial charge is 0.121 e. The highest BCUT2D eigenvalue weighted by atomic mass is 16.6. The van der Waals surface area contributed by atoms with E-state index in [0.717, 1.165) is 17.1 Å². The fraction of sp³-hybridized carbons (Fsp3) is 0.385. The van der Waals surface area contributed by atoms with Gasteiger partial charge in [-0.2, -0.15) is 0 Å². The second-order valence-electron chi connectivity index (χ2n) is 4.20. The van der Waals surface area contributed by atoms with Gasteiger partial charge < -0.3 is 10.1 Å². The molecule has 0 spiro atoms. The van der Waals surface area contributed by atoms with Crippen LogP contribution in [0.3, 0.4) is 0 Å². The molecule has 1 atom stereocenters. The molecule has 0 aliphatic heterocycles. The fourth-order valence-corrected chi connectivity index (χ4v) is 1.48. The number of nitrogens with zero attached hydrogens (tertiary/aromatic N) is 2. The summed E-state index contributed by atoms with van der Waals surface area (Å²) in [7, 11) is 0. The van der Waals surface area contributed by atoms with Crippen molar-refractivity contribution in [1.82, 2.24) is 15.6 Å². The standard InChI is InChI=1S/C13H17N3O2/c1-10(9-17-12-6-4-3-5-7-12)14-8-13-11(2)15-18-16-13/h3-7,10,14H,8-9H2,1-2H3/t10-/m0/s1. The van der Waals surface area contributed by atoms with Crippen LogP contribution < -0.4 is 10.1 Å². The van der Waals surface area contributed by atoms with Gasteiger partial charge in [-0.25, -0.2) is 4.63 Å². The minimum Gasteiger partial charge on any atom is -0.492 e. The van der Waals surface area contributed by atoms with Gasteiger partial charge in [0, 0.05) is 12.6 Å². The molecule has 0 radical (unpaired) electrons. The van der Waals surface area contributed by atoms with Crippen molar-refractivity contribution in [3.8, 4) is 5.75 Å². The van der Waals surface area contributed by atoms with Gasteiger partial charge in [-0.1, -0.05) is 28.5 Å². The predicted molar refractivity (Wildman–Crippen MR) is 67.3 cm³/mol. The van der Waals surface area contributed by atoms with Crippen molar-refractivity contribution in [1.29, 1.82) is 0 Å². The van der Waals surface area contributed by atoms with Crippen LogP contribution in [0.2, 0.25) is 0 Å². The lowest BCUT2D eigenvalue weighted by Crippen LogP contribution is -2.31. The van der Waals surface area contributed by atoms with Gasteiger partial charge in [-0.15, -0.1) is 0 Å². The molecule has 0 fully saturated rings. The minimum atomic E-state index is 0.223. The maximum Gasteiger partial charge on any atom is 0.121 e. The van der Waals surface area contributed by atoms with Crippen LogP contribution in [0, 0.1) is 6.92 Å². The third kappa shape index (κ3) is 3.56. The molecule has 5 heteroatoms. The first-order valence-electron chi connectivity index (χ1n) is 5.95. The first-order chi connectivity index (χ1) is 8.75. The molecule has 18 heavy (non-hydrogen) atoms. The molecule has 0 amide bonds. The zero-order chi connectivity index (χ0) is 12.8. The van der Waals surface area contributed by atoms with Crippen molar-refractivity contribution in [3.63, 3.8) is 0 Å². The molecular formula is C13H17N3O2. The number of hydrogen-bond acceptors (Lipinski definition) is 5. The van der Waals surface area contributed by atoms with Gasteiger partial charge in [0.1, 0.15) is 23.7 Å². The second-order valence-corrected chi connectivity index (χ2v) is 4.20. The zero-order valence-corrected chi connectivity index (χ0v) is 10.6. The zero-order valence-electron chi connectivity index (χ0n) is 10.6. The highest BCUT2D eigenvalue weighted by molar-refractivity contribution is 5.20. The van der Waals surface area contributed by atoms with Gasteiger partial charge in [0.25, 0.3) is 0 Å². The van der Waals surface area contributed by atoms with E-state index in [1.165, 1.54) is 0 Å². The highest BCUT2D eigenvalue weighted by Gasteiger charge is 2.07. The Bertz CT molecular complexity index is 470. The molecular weight excluding hydrogens is 230 g/mol. The summed E-state index contributed by atoms with van der Waals surface area (Å²) < 4.78 is 10.3. The molecule has 1 aromatic carbocycles. The van der Waals surface area contributed by atoms with Crippen LogP contribution in [0.4, 0.5) is 0 Å². The van der Waals surface area contributed by atoms with Crippen molar-refractivity contribution in [3.05, 3.63) is 41.7 Å². The number of para-hydroxylation sites is 1. The summed E-state index contributed by atoms with van der Waals surface area (Å²) >= 11 is 0. The van der Waals surface area contributed by atoms with E-state index in [1.807, 2.05) is 37.3 Å². The van der Waals surface area contributed by atoms with Gasteiger partial charge in [0.2, 0.25) is 0 Å². The Kier molecular flexibility index (Phi) is 4.30. The predicted octanol–water partition coefficient (Wildman–Crippen LogP) is 1.94. The number of rotatable bonds is 6. The Morgan fingerprint density at radius 2 is 2.06 bits per heavy atom. The van der Waals surface area contributed by atoms with Crippen LogP contribution in [0.5, 0.6) is 5.75 Å². The van der Waals surface area contributed by atoms with Crippen LogP contribution in [0.15, 0.2) is 35.0 Å². The summed E-state index contributed by atoms with van der Waals surface area (Å²) in [6, 6.07) is 9.99. The summed E-state index contributed by atoms with van der Waals surface area (Å²) in [5.74, 6) is 0.880. The van der Waals surface area contributed by atoms with E-state index >= 15 is 0 Å². The molecule has 5 nitrogen and oxygen atoms in total. The number of benzene rings is 1. The van der Waals surface area contributed by atoms with Crippen LogP contribution >= 0.6 is 0 Å². The Morgan fingerprint density at radius 1 is 1.28 bits per heavy atom. The molecule has 2 rings (SSSR count). The van der Waals surface area contributed by atoms with Crippen LogP contribution in [0.25, 0.3) is 0 Å². The Morgan fingerprint density at radius 3 is 2.72 bits per heavy atom. The largest absolute Gasteiger partial charge is 0.492 e. The number of hydrogen-bond donors (Lipinski definition) is 1. The first-order valence-corrected chi connectivity index (χ1v) is 5.95. The average Bonchev–Trinajstić information content (AvgIpc) is 2.81. The molecule has 1 heterocycles. The van der Waals surface area contributed by atoms with E-state index in [9.17, 15) is 0 Å². The summed E-state index contributed by atoms with van der Waals surface area (Å²) in [5, 5.41) is 10.9. The van der Waals surface area contributed by atoms with E-state index in [-0.39, 0.29) is 6.04 Å². The SMILES string of the molecule is Cc1nonc1CN[C@@H](C)COc1ccccc1. The molecule has 96 valence electrons. The summed E-state index contributed by atoms with van der Waals surface area (Å²) in [6.07, 6.45) is 0. The van der Waals surface area contributed by atoms with Crippen LogP contribution in [0.1, 0.15) is 18.3 Å². The average molecular weight is 247 g/mol. The maximum absolute atomic E-state index is 5.65. The van der Waals surface area contributed by atoms with E-state index in [1.54, 1.807) is 0 Å². The highest BCUT2D eigenvalue weighted by Crippen LogP contribution is 2.08. The summed E-state index contributed by atoms with van der Waals surface area (Å²) in [5.41, 5.74) is 1.65. The lowest BCUT2D eigenvalue weighted by molar-refractivity contribution is 0.269. The van der Waals surface area contributed by atoms with Crippen molar-refractivity contribution in [2.24, 2.45) is 0 Å². The van der Waals surface area contributed by atoms with E-state index in [0.29, 0.717) is 13.2 Å². The summed E-state index contributed by atoms with van der Waals surface area (Å²) in [6.45, 7) is 5.17. The van der Waals surface area contributed by atoms with Gasteiger partial charge in [-0.05, 0) is 26.0 Å². The van der Waals surface area contributed by atoms with Crippen LogP contribution in [-0.2, 0) is 6.54 Å². The summed E-state index contributed by atoms with van der Waals surface area (Å²) in [4.78, 5) is 0. The van der Waals surface area contributed by atoms with E-state index in [2.05, 4.69) is 27.2 Å². The van der Waals surface area contributed by atoms with Gasteiger partial charge in [-0.3, -0.25) is 0 Å². The molecule has 0 saturated heterocycles. The number of nitrogens with one attached hydrogen (secondary N) is 1. The first kappa shape index (κ1) is 12.6. The second kappa shape index (κ2) is 6.16. The topological polar surface area (TPSA) is 60.2 Å². The molecule has 1 N–H and O–H groups in total. The molecule has 0 bridgehead atoms. The Labute approximate surface area is 106 Å². The van der Waals surface area contributed by atoms with Gasteiger partial charge >= 0.3 is 0 Å². The quantitative estimate of drug-likeness (QED) is 0.845. The molecule has 1 aromatic heterocycles. The van der Waals surface area contributed by atoms with Crippen molar-refractivity contribution >= 4 is 0 Å². The normalized spacial score (nSPS) is 12.3. The number of aromatic nitrogens is 2. The number of ether oxygens (including phenoxy) is 1. The van der Waals surface area contributed by atoms with Crippen molar-refractivity contribution in [2.75, 3.05) is 6.61 Å². The van der Waals surface area contributed by atoms with Gasteiger partial charge in [0.15, 0.2) is 0 Å². The lowest BCUT2D eigenvalue weighted by atomic mass is 10.3. The fourth-order valence-electron chi connectivity index (χ4n) is 1.48. The van der Waals surface area contributed by atoms with E-state index < -0.39 is 0 Å². The molecule has 0 unspecified atom stereocenters. The Hall–Kier alpha value is -1.88. The molecule has 0 saturated carbocycles. The third-order valence-electron chi connectivity index (χ3n) is 2.61. The lowest BCUT2D eigenvalue weighted by Gasteiger charge is -2.14.